The first kappa shape index (κ1) is 14.0. The molecule has 21 heavy (non-hydrogen) atoms. The summed E-state index contributed by atoms with van der Waals surface area (Å²) < 4.78 is 2.02. The number of rotatable bonds is 3. The summed E-state index contributed by atoms with van der Waals surface area (Å²) in [5.41, 5.74) is 8.82. The SMILES string of the molecule is CCC1CCCC(n2nnnc2-c2ccc(N)c(C)c2)C1. The van der Waals surface area contributed by atoms with E-state index in [4.69, 9.17) is 5.73 Å². The summed E-state index contributed by atoms with van der Waals surface area (Å²) in [5.74, 6) is 1.66. The van der Waals surface area contributed by atoms with Crippen molar-refractivity contribution in [3.63, 3.8) is 0 Å². The van der Waals surface area contributed by atoms with Gasteiger partial charge in [-0.05, 0) is 59.9 Å². The lowest BCUT2D eigenvalue weighted by Gasteiger charge is -2.28. The van der Waals surface area contributed by atoms with Gasteiger partial charge in [-0.25, -0.2) is 4.68 Å². The molecule has 0 aliphatic heterocycles. The van der Waals surface area contributed by atoms with Gasteiger partial charge in [-0.1, -0.05) is 26.2 Å². The molecule has 0 spiro atoms. The van der Waals surface area contributed by atoms with Crippen molar-refractivity contribution in [3.8, 4) is 11.4 Å². The highest BCUT2D eigenvalue weighted by atomic mass is 15.5. The lowest BCUT2D eigenvalue weighted by atomic mass is 9.84. The lowest BCUT2D eigenvalue weighted by Crippen LogP contribution is -2.20. The van der Waals surface area contributed by atoms with Gasteiger partial charge in [-0.2, -0.15) is 0 Å². The van der Waals surface area contributed by atoms with Crippen molar-refractivity contribution in [2.45, 2.75) is 52.0 Å². The van der Waals surface area contributed by atoms with Gasteiger partial charge < -0.3 is 5.73 Å². The van der Waals surface area contributed by atoms with Crippen LogP contribution in [0, 0.1) is 12.8 Å². The summed E-state index contributed by atoms with van der Waals surface area (Å²) in [5, 5.41) is 12.4. The molecule has 0 radical (unpaired) electrons. The van der Waals surface area contributed by atoms with Gasteiger partial charge in [0.15, 0.2) is 5.82 Å². The second-order valence-electron chi connectivity index (χ2n) is 6.11. The average molecular weight is 285 g/mol. The van der Waals surface area contributed by atoms with Crippen LogP contribution in [0.15, 0.2) is 18.2 Å². The van der Waals surface area contributed by atoms with E-state index in [1.807, 2.05) is 23.7 Å². The molecule has 2 atom stereocenters. The highest BCUT2D eigenvalue weighted by Crippen LogP contribution is 2.35. The molecule has 0 saturated heterocycles. The second kappa shape index (κ2) is 5.84. The Morgan fingerprint density at radius 3 is 2.95 bits per heavy atom. The summed E-state index contributed by atoms with van der Waals surface area (Å²) in [6, 6.07) is 6.42. The zero-order chi connectivity index (χ0) is 14.8. The molecule has 3 rings (SSSR count). The number of hydrogen-bond donors (Lipinski definition) is 1. The normalized spacial score (nSPS) is 22.4. The maximum Gasteiger partial charge on any atom is 0.182 e. The molecule has 2 unspecified atom stereocenters. The third kappa shape index (κ3) is 2.77. The zero-order valence-corrected chi connectivity index (χ0v) is 12.8. The van der Waals surface area contributed by atoms with Crippen molar-refractivity contribution in [2.75, 3.05) is 5.73 Å². The number of nitrogen functional groups attached to an aromatic ring is 1. The van der Waals surface area contributed by atoms with E-state index in [-0.39, 0.29) is 0 Å². The van der Waals surface area contributed by atoms with Crippen LogP contribution in [0.25, 0.3) is 11.4 Å². The molecular formula is C16H23N5. The van der Waals surface area contributed by atoms with Crippen molar-refractivity contribution < 1.29 is 0 Å². The molecular weight excluding hydrogens is 262 g/mol. The van der Waals surface area contributed by atoms with E-state index in [9.17, 15) is 0 Å². The molecule has 5 heteroatoms. The Morgan fingerprint density at radius 2 is 2.19 bits per heavy atom. The Kier molecular flexibility index (Phi) is 3.90. The molecule has 0 bridgehead atoms. The monoisotopic (exact) mass is 285 g/mol. The van der Waals surface area contributed by atoms with Crippen molar-refractivity contribution in [2.24, 2.45) is 5.92 Å². The predicted octanol–water partition coefficient (Wildman–Crippen LogP) is 3.37. The summed E-state index contributed by atoms with van der Waals surface area (Å²) in [7, 11) is 0. The topological polar surface area (TPSA) is 69.6 Å². The predicted molar refractivity (Wildman–Crippen MR) is 83.7 cm³/mol. The molecule has 2 N–H and O–H groups in total. The maximum absolute atomic E-state index is 5.90. The minimum Gasteiger partial charge on any atom is -0.399 e. The van der Waals surface area contributed by atoms with E-state index < -0.39 is 0 Å². The second-order valence-corrected chi connectivity index (χ2v) is 6.11. The van der Waals surface area contributed by atoms with Crippen LogP contribution >= 0.6 is 0 Å². The molecule has 1 aliphatic carbocycles. The third-order valence-electron chi connectivity index (χ3n) is 4.70. The van der Waals surface area contributed by atoms with Crippen LogP contribution < -0.4 is 5.73 Å². The van der Waals surface area contributed by atoms with Gasteiger partial charge in [0.25, 0.3) is 0 Å². The average Bonchev–Trinajstić information content (AvgIpc) is 2.99. The van der Waals surface area contributed by atoms with Crippen LogP contribution in [0.1, 0.15) is 50.6 Å². The number of tetrazole rings is 1. The Balaban J connectivity index is 1.91. The fraction of sp³-hybridized carbons (Fsp3) is 0.562. The van der Waals surface area contributed by atoms with Crippen LogP contribution in [0.4, 0.5) is 5.69 Å². The summed E-state index contributed by atoms with van der Waals surface area (Å²) >= 11 is 0. The van der Waals surface area contributed by atoms with Crippen LogP contribution in [-0.2, 0) is 0 Å². The first-order valence-corrected chi connectivity index (χ1v) is 7.83. The molecule has 5 nitrogen and oxygen atoms in total. The number of benzene rings is 1. The van der Waals surface area contributed by atoms with Crippen molar-refractivity contribution >= 4 is 5.69 Å². The quantitative estimate of drug-likeness (QED) is 0.878. The first-order valence-electron chi connectivity index (χ1n) is 7.83. The molecule has 112 valence electrons. The third-order valence-corrected chi connectivity index (χ3v) is 4.70. The number of hydrogen-bond acceptors (Lipinski definition) is 4. The largest absolute Gasteiger partial charge is 0.399 e. The zero-order valence-electron chi connectivity index (χ0n) is 12.8. The van der Waals surface area contributed by atoms with E-state index in [0.717, 1.165) is 28.6 Å². The molecule has 1 aromatic carbocycles. The molecule has 1 aliphatic rings. The van der Waals surface area contributed by atoms with Crippen LogP contribution in [-0.4, -0.2) is 20.2 Å². The molecule has 1 aromatic heterocycles. The van der Waals surface area contributed by atoms with Gasteiger partial charge in [-0.3, -0.25) is 0 Å². The Hall–Kier alpha value is -1.91. The molecule has 2 aromatic rings. The Morgan fingerprint density at radius 1 is 1.33 bits per heavy atom. The minimum absolute atomic E-state index is 0.423. The van der Waals surface area contributed by atoms with Gasteiger partial charge in [-0.15, -0.1) is 5.10 Å². The fourth-order valence-electron chi connectivity index (χ4n) is 3.30. The van der Waals surface area contributed by atoms with Gasteiger partial charge in [0.05, 0.1) is 6.04 Å². The van der Waals surface area contributed by atoms with E-state index in [0.29, 0.717) is 6.04 Å². The summed E-state index contributed by atoms with van der Waals surface area (Å²) in [6.45, 7) is 4.29. The van der Waals surface area contributed by atoms with Gasteiger partial charge in [0.1, 0.15) is 0 Å². The summed E-state index contributed by atoms with van der Waals surface area (Å²) in [4.78, 5) is 0. The van der Waals surface area contributed by atoms with Gasteiger partial charge in [0, 0.05) is 11.3 Å². The van der Waals surface area contributed by atoms with Gasteiger partial charge in [0.2, 0.25) is 0 Å². The number of aromatic nitrogens is 4. The Labute approximate surface area is 125 Å². The van der Waals surface area contributed by atoms with E-state index in [1.54, 1.807) is 0 Å². The molecule has 1 fully saturated rings. The van der Waals surface area contributed by atoms with Crippen molar-refractivity contribution in [1.82, 2.24) is 20.2 Å². The Bertz CT molecular complexity index is 619. The van der Waals surface area contributed by atoms with Crippen molar-refractivity contribution in [3.05, 3.63) is 23.8 Å². The number of anilines is 1. The van der Waals surface area contributed by atoms with Crippen LogP contribution in [0.2, 0.25) is 0 Å². The molecule has 1 saturated carbocycles. The number of nitrogens with zero attached hydrogens (tertiary/aromatic N) is 4. The van der Waals surface area contributed by atoms with E-state index >= 15 is 0 Å². The highest BCUT2D eigenvalue weighted by Gasteiger charge is 2.25. The highest BCUT2D eigenvalue weighted by molar-refractivity contribution is 5.61. The number of nitrogens with two attached hydrogens (primary N) is 1. The fourth-order valence-corrected chi connectivity index (χ4v) is 3.30. The standard InChI is InChI=1S/C16H23N5/c1-3-12-5-4-6-14(10-12)21-16(18-19-20-21)13-7-8-15(17)11(2)9-13/h7-9,12,14H,3-6,10,17H2,1-2H3. The maximum atomic E-state index is 5.90. The summed E-state index contributed by atoms with van der Waals surface area (Å²) in [6.07, 6.45) is 6.20. The van der Waals surface area contributed by atoms with Crippen LogP contribution in [0.3, 0.4) is 0 Å². The van der Waals surface area contributed by atoms with Crippen LogP contribution in [0.5, 0.6) is 0 Å². The van der Waals surface area contributed by atoms with Gasteiger partial charge >= 0.3 is 0 Å². The van der Waals surface area contributed by atoms with E-state index in [1.165, 1.54) is 32.1 Å². The lowest BCUT2D eigenvalue weighted by molar-refractivity contribution is 0.246. The first-order chi connectivity index (χ1) is 10.2. The molecule has 1 heterocycles. The van der Waals surface area contributed by atoms with E-state index in [2.05, 4.69) is 28.5 Å². The number of aryl methyl sites for hydroxylation is 1. The smallest absolute Gasteiger partial charge is 0.182 e. The molecule has 0 amide bonds. The minimum atomic E-state index is 0.423. The van der Waals surface area contributed by atoms with Crippen molar-refractivity contribution in [1.29, 1.82) is 0 Å².